The van der Waals surface area contributed by atoms with E-state index < -0.39 is 5.97 Å². The molecule has 0 aliphatic heterocycles. The molecule has 0 radical (unpaired) electrons. The third kappa shape index (κ3) is 4.68. The fourth-order valence-electron chi connectivity index (χ4n) is 2.78. The summed E-state index contributed by atoms with van der Waals surface area (Å²) in [6, 6.07) is 9.63. The summed E-state index contributed by atoms with van der Waals surface area (Å²) in [5, 5.41) is 7.23. The van der Waals surface area contributed by atoms with Crippen LogP contribution < -0.4 is 5.32 Å². The lowest BCUT2D eigenvalue weighted by atomic mass is 10.2. The van der Waals surface area contributed by atoms with Gasteiger partial charge >= 0.3 is 5.97 Å². The topological polar surface area (TPSA) is 73.2 Å². The zero-order valence-electron chi connectivity index (χ0n) is 15.2. The van der Waals surface area contributed by atoms with Gasteiger partial charge in [0.1, 0.15) is 5.56 Å². The number of nitrogens with zero attached hydrogens (tertiary/aromatic N) is 2. The lowest BCUT2D eigenvalue weighted by Crippen LogP contribution is -2.35. The van der Waals surface area contributed by atoms with Gasteiger partial charge in [-0.05, 0) is 39.3 Å². The fourth-order valence-corrected chi connectivity index (χ4v) is 2.78. The summed E-state index contributed by atoms with van der Waals surface area (Å²) < 4.78 is 6.88. The lowest BCUT2D eigenvalue weighted by Gasteiger charge is -2.12. The number of nitrogens with one attached hydrogen (secondary N) is 1. The van der Waals surface area contributed by atoms with E-state index in [1.807, 2.05) is 44.2 Å². The maximum absolute atomic E-state index is 12.4. The lowest BCUT2D eigenvalue weighted by molar-refractivity contribution is -0.124. The second-order valence-corrected chi connectivity index (χ2v) is 6.13. The summed E-state index contributed by atoms with van der Waals surface area (Å²) in [6.07, 6.45) is 1.88. The molecule has 2 aromatic rings. The molecule has 0 bridgehead atoms. The van der Waals surface area contributed by atoms with E-state index in [1.54, 1.807) is 11.6 Å². The maximum Gasteiger partial charge on any atom is 0.342 e. The fraction of sp³-hybridized carbons (Fsp3) is 0.421. The van der Waals surface area contributed by atoms with Gasteiger partial charge in [0, 0.05) is 6.04 Å². The maximum atomic E-state index is 12.4. The molecule has 1 aromatic heterocycles. The Kier molecular flexibility index (Phi) is 6.33. The number of rotatable bonds is 7. The molecule has 0 aliphatic carbocycles. The molecule has 0 fully saturated rings. The molecule has 0 aliphatic rings. The largest absolute Gasteiger partial charge is 0.452 e. The zero-order valence-corrected chi connectivity index (χ0v) is 15.2. The van der Waals surface area contributed by atoms with Crippen molar-refractivity contribution in [2.24, 2.45) is 0 Å². The first-order chi connectivity index (χ1) is 11.9. The number of esters is 1. The molecule has 134 valence electrons. The van der Waals surface area contributed by atoms with Crippen molar-refractivity contribution < 1.29 is 14.3 Å². The van der Waals surface area contributed by atoms with Gasteiger partial charge in [-0.3, -0.25) is 4.79 Å². The Morgan fingerprint density at radius 1 is 1.24 bits per heavy atom. The molecule has 1 amide bonds. The van der Waals surface area contributed by atoms with E-state index in [-0.39, 0.29) is 18.6 Å². The van der Waals surface area contributed by atoms with Crippen molar-refractivity contribution >= 4 is 11.9 Å². The van der Waals surface area contributed by atoms with E-state index in [2.05, 4.69) is 17.3 Å². The van der Waals surface area contributed by atoms with E-state index in [1.165, 1.54) is 0 Å². The first-order valence-electron chi connectivity index (χ1n) is 8.52. The molecule has 25 heavy (non-hydrogen) atoms. The molecule has 0 unspecified atom stereocenters. The van der Waals surface area contributed by atoms with Crippen molar-refractivity contribution in [2.75, 3.05) is 6.61 Å². The molecule has 1 aromatic carbocycles. The smallest absolute Gasteiger partial charge is 0.342 e. The Morgan fingerprint density at radius 2 is 1.92 bits per heavy atom. The summed E-state index contributed by atoms with van der Waals surface area (Å²) in [5.74, 6) is -0.824. The van der Waals surface area contributed by atoms with Crippen LogP contribution in [0.1, 0.15) is 48.4 Å². The Bertz CT molecular complexity index is 738. The molecular formula is C19H25N3O3. The number of amides is 1. The first-order valence-corrected chi connectivity index (χ1v) is 8.52. The molecular weight excluding hydrogens is 318 g/mol. The normalized spacial score (nSPS) is 11.8. The first kappa shape index (κ1) is 18.7. The molecule has 1 heterocycles. The Balaban J connectivity index is 2.05. The van der Waals surface area contributed by atoms with Crippen LogP contribution in [-0.4, -0.2) is 34.3 Å². The second kappa shape index (κ2) is 8.46. The van der Waals surface area contributed by atoms with Crippen molar-refractivity contribution in [1.29, 1.82) is 0 Å². The number of para-hydroxylation sites is 1. The molecule has 1 atom stereocenters. The second-order valence-electron chi connectivity index (χ2n) is 6.13. The summed E-state index contributed by atoms with van der Waals surface area (Å²) in [5.41, 5.74) is 2.53. The Hall–Kier alpha value is -2.63. The van der Waals surface area contributed by atoms with Gasteiger partial charge in [0.15, 0.2) is 6.61 Å². The number of hydrogen-bond acceptors (Lipinski definition) is 4. The standard InChI is InChI=1S/C19H25N3O3/c1-5-9-13(2)20-17(23)12-25-19(24)18-14(3)21-22(15(18)4)16-10-7-6-8-11-16/h6-8,10-11,13H,5,9,12H2,1-4H3,(H,20,23)/t13-/m0/s1. The van der Waals surface area contributed by atoms with Gasteiger partial charge in [-0.1, -0.05) is 31.5 Å². The summed E-state index contributed by atoms with van der Waals surface area (Å²) in [4.78, 5) is 24.2. The van der Waals surface area contributed by atoms with Gasteiger partial charge in [0.05, 0.1) is 17.1 Å². The van der Waals surface area contributed by atoms with Crippen molar-refractivity contribution in [3.8, 4) is 5.69 Å². The van der Waals surface area contributed by atoms with Crippen LogP contribution in [0.5, 0.6) is 0 Å². The van der Waals surface area contributed by atoms with Gasteiger partial charge in [-0.25, -0.2) is 9.48 Å². The third-order valence-electron chi connectivity index (χ3n) is 3.96. The van der Waals surface area contributed by atoms with Crippen LogP contribution in [0.2, 0.25) is 0 Å². The summed E-state index contributed by atoms with van der Waals surface area (Å²) >= 11 is 0. The van der Waals surface area contributed by atoms with Gasteiger partial charge in [0.25, 0.3) is 5.91 Å². The zero-order chi connectivity index (χ0) is 18.4. The van der Waals surface area contributed by atoms with E-state index in [0.717, 1.165) is 18.5 Å². The number of ether oxygens (including phenoxy) is 1. The monoisotopic (exact) mass is 343 g/mol. The number of aromatic nitrogens is 2. The SMILES string of the molecule is CCC[C@H](C)NC(=O)COC(=O)c1c(C)nn(-c2ccccc2)c1C. The number of benzene rings is 1. The van der Waals surface area contributed by atoms with Crippen molar-refractivity contribution in [3.05, 3.63) is 47.3 Å². The van der Waals surface area contributed by atoms with Crippen molar-refractivity contribution in [1.82, 2.24) is 15.1 Å². The van der Waals surface area contributed by atoms with E-state index in [9.17, 15) is 9.59 Å². The highest BCUT2D eigenvalue weighted by atomic mass is 16.5. The molecule has 6 heteroatoms. The number of carbonyl (C=O) groups excluding carboxylic acids is 2. The predicted molar refractivity (Wildman–Crippen MR) is 95.8 cm³/mol. The molecule has 1 N–H and O–H groups in total. The minimum atomic E-state index is -0.532. The van der Waals surface area contributed by atoms with E-state index >= 15 is 0 Å². The highest BCUT2D eigenvalue weighted by molar-refractivity contribution is 5.93. The third-order valence-corrected chi connectivity index (χ3v) is 3.96. The average molecular weight is 343 g/mol. The average Bonchev–Trinajstić information content (AvgIpc) is 2.88. The minimum Gasteiger partial charge on any atom is -0.452 e. The highest BCUT2D eigenvalue weighted by Crippen LogP contribution is 2.18. The van der Waals surface area contributed by atoms with Crippen LogP contribution >= 0.6 is 0 Å². The van der Waals surface area contributed by atoms with Gasteiger partial charge in [0.2, 0.25) is 0 Å². The summed E-state index contributed by atoms with van der Waals surface area (Å²) in [6.45, 7) is 7.27. The van der Waals surface area contributed by atoms with Gasteiger partial charge in [-0.2, -0.15) is 5.10 Å². The minimum absolute atomic E-state index is 0.0699. The van der Waals surface area contributed by atoms with Crippen LogP contribution in [0.4, 0.5) is 0 Å². The van der Waals surface area contributed by atoms with Crippen molar-refractivity contribution in [3.63, 3.8) is 0 Å². The van der Waals surface area contributed by atoms with Crippen LogP contribution in [0, 0.1) is 13.8 Å². The van der Waals surface area contributed by atoms with Gasteiger partial charge < -0.3 is 10.1 Å². The summed E-state index contributed by atoms with van der Waals surface area (Å²) in [7, 11) is 0. The molecule has 6 nitrogen and oxygen atoms in total. The molecule has 0 spiro atoms. The van der Waals surface area contributed by atoms with Crippen LogP contribution in [0.15, 0.2) is 30.3 Å². The van der Waals surface area contributed by atoms with Crippen LogP contribution in [0.25, 0.3) is 5.69 Å². The Labute approximate surface area is 148 Å². The Morgan fingerprint density at radius 3 is 2.56 bits per heavy atom. The van der Waals surface area contributed by atoms with Crippen LogP contribution in [0.3, 0.4) is 0 Å². The van der Waals surface area contributed by atoms with E-state index in [0.29, 0.717) is 17.0 Å². The van der Waals surface area contributed by atoms with Crippen LogP contribution in [-0.2, 0) is 9.53 Å². The van der Waals surface area contributed by atoms with E-state index in [4.69, 9.17) is 4.74 Å². The molecule has 0 saturated heterocycles. The number of carbonyl (C=O) groups is 2. The van der Waals surface area contributed by atoms with Crippen molar-refractivity contribution in [2.45, 2.75) is 46.6 Å². The van der Waals surface area contributed by atoms with Gasteiger partial charge in [-0.15, -0.1) is 0 Å². The quantitative estimate of drug-likeness (QED) is 0.785. The highest BCUT2D eigenvalue weighted by Gasteiger charge is 2.21. The predicted octanol–water partition coefficient (Wildman–Crippen LogP) is 2.95. The number of aryl methyl sites for hydroxylation is 1. The molecule has 0 saturated carbocycles. The number of hydrogen-bond donors (Lipinski definition) is 1. The molecule has 2 rings (SSSR count).